The Morgan fingerprint density at radius 3 is 2.62 bits per heavy atom. The topological polar surface area (TPSA) is 91.3 Å². The first-order valence-corrected chi connectivity index (χ1v) is 9.59. The summed E-state index contributed by atoms with van der Waals surface area (Å²) in [5, 5.41) is 11.7. The second-order valence-electron chi connectivity index (χ2n) is 5.92. The first-order valence-electron chi connectivity index (χ1n) is 8.40. The predicted octanol–water partition coefficient (Wildman–Crippen LogP) is 2.71. The second-order valence-corrected chi connectivity index (χ2v) is 7.36. The number of benzene rings is 2. The summed E-state index contributed by atoms with van der Waals surface area (Å²) in [7, 11) is 3.10. The van der Waals surface area contributed by atoms with Gasteiger partial charge in [0, 0.05) is 12.1 Å². The Labute approximate surface area is 176 Å². The molecular formula is C20H16ClN2O5S-. The largest absolute Gasteiger partial charge is 0.546 e. The molecule has 1 aliphatic rings. The van der Waals surface area contributed by atoms with Gasteiger partial charge in [-0.05, 0) is 59.8 Å². The minimum atomic E-state index is -1.33. The number of aliphatic imine (C=N–C) groups is 1. The Bertz CT molecular complexity index is 1000. The molecule has 1 fully saturated rings. The van der Waals surface area contributed by atoms with Gasteiger partial charge in [0.25, 0.3) is 5.91 Å². The molecule has 29 heavy (non-hydrogen) atoms. The van der Waals surface area contributed by atoms with Crippen LogP contribution in [0.15, 0.2) is 52.4 Å². The van der Waals surface area contributed by atoms with E-state index < -0.39 is 12.6 Å². The number of hydrogen-bond donors (Lipinski definition) is 0. The standard InChI is InChI=1S/C20H17ClN2O5S/c1-23-19(26)17(29-20(23)22-14-6-4-13(21)5-7-14)10-12-3-8-15(16(9-12)27-2)28-11-18(24)25/h3-10H,11H2,1-2H3,(H,24,25)/p-1/b17-10-,22-20?. The third kappa shape index (κ3) is 5.10. The lowest BCUT2D eigenvalue weighted by Gasteiger charge is -2.11. The molecule has 0 bridgehead atoms. The van der Waals surface area contributed by atoms with Gasteiger partial charge in [0.05, 0.1) is 23.7 Å². The van der Waals surface area contributed by atoms with E-state index in [0.29, 0.717) is 32.1 Å². The summed E-state index contributed by atoms with van der Waals surface area (Å²) >= 11 is 7.14. The average Bonchev–Trinajstić information content (AvgIpc) is 2.96. The van der Waals surface area contributed by atoms with Gasteiger partial charge < -0.3 is 19.4 Å². The normalized spacial score (nSPS) is 16.5. The first-order chi connectivity index (χ1) is 13.9. The van der Waals surface area contributed by atoms with Crippen molar-refractivity contribution in [3.63, 3.8) is 0 Å². The van der Waals surface area contributed by atoms with Crippen molar-refractivity contribution in [1.82, 2.24) is 4.90 Å². The monoisotopic (exact) mass is 431 g/mol. The summed E-state index contributed by atoms with van der Waals surface area (Å²) in [6.45, 7) is -0.583. The summed E-state index contributed by atoms with van der Waals surface area (Å²) in [6.07, 6.45) is 1.71. The number of amidine groups is 1. The van der Waals surface area contributed by atoms with Crippen LogP contribution in [0, 0.1) is 0 Å². The van der Waals surface area contributed by atoms with Gasteiger partial charge in [-0.3, -0.25) is 9.69 Å². The Balaban J connectivity index is 1.83. The van der Waals surface area contributed by atoms with Crippen LogP contribution in [0.25, 0.3) is 6.08 Å². The number of carboxylic acid groups (broad SMARTS) is 1. The summed E-state index contributed by atoms with van der Waals surface area (Å²) in [4.78, 5) is 29.6. The number of aliphatic carboxylic acids is 1. The highest BCUT2D eigenvalue weighted by atomic mass is 35.5. The average molecular weight is 432 g/mol. The van der Waals surface area contributed by atoms with Crippen LogP contribution >= 0.6 is 23.4 Å². The van der Waals surface area contributed by atoms with Crippen LogP contribution in [0.1, 0.15) is 5.56 Å². The molecule has 0 saturated carbocycles. The van der Waals surface area contributed by atoms with Crippen molar-refractivity contribution in [3.8, 4) is 11.5 Å². The molecule has 1 saturated heterocycles. The van der Waals surface area contributed by atoms with E-state index in [4.69, 9.17) is 21.1 Å². The quantitative estimate of drug-likeness (QED) is 0.653. The Morgan fingerprint density at radius 1 is 1.24 bits per heavy atom. The number of carboxylic acids is 1. The van der Waals surface area contributed by atoms with E-state index >= 15 is 0 Å². The van der Waals surface area contributed by atoms with Crippen LogP contribution in [0.2, 0.25) is 5.02 Å². The van der Waals surface area contributed by atoms with Gasteiger partial charge in [-0.1, -0.05) is 17.7 Å². The van der Waals surface area contributed by atoms with Crippen LogP contribution in [-0.2, 0) is 9.59 Å². The van der Waals surface area contributed by atoms with Crippen LogP contribution in [0.5, 0.6) is 11.5 Å². The minimum Gasteiger partial charge on any atom is -0.546 e. The maximum absolute atomic E-state index is 12.6. The third-order valence-corrected chi connectivity index (χ3v) is 5.20. The summed E-state index contributed by atoms with van der Waals surface area (Å²) in [6, 6.07) is 11.9. The molecule has 0 N–H and O–H groups in total. The molecule has 0 aliphatic carbocycles. The van der Waals surface area contributed by atoms with Gasteiger partial charge in [-0.25, -0.2) is 4.99 Å². The van der Waals surface area contributed by atoms with Crippen LogP contribution in [-0.4, -0.2) is 42.7 Å². The molecule has 2 aromatic carbocycles. The fraction of sp³-hybridized carbons (Fsp3) is 0.150. The van der Waals surface area contributed by atoms with Gasteiger partial charge in [0.2, 0.25) is 0 Å². The van der Waals surface area contributed by atoms with Crippen molar-refractivity contribution >= 4 is 52.2 Å². The molecule has 9 heteroatoms. The van der Waals surface area contributed by atoms with Crippen LogP contribution in [0.4, 0.5) is 5.69 Å². The highest BCUT2D eigenvalue weighted by Crippen LogP contribution is 2.35. The van der Waals surface area contributed by atoms with E-state index in [1.54, 1.807) is 55.6 Å². The number of amides is 1. The number of rotatable bonds is 6. The Hall–Kier alpha value is -2.97. The van der Waals surface area contributed by atoms with Gasteiger partial charge in [-0.2, -0.15) is 0 Å². The lowest BCUT2D eigenvalue weighted by molar-refractivity contribution is -0.307. The molecule has 1 amide bonds. The molecule has 0 spiro atoms. The van der Waals surface area contributed by atoms with Gasteiger partial charge in [-0.15, -0.1) is 0 Å². The smallest absolute Gasteiger partial charge is 0.266 e. The number of halogens is 1. The van der Waals surface area contributed by atoms with Crippen molar-refractivity contribution in [1.29, 1.82) is 0 Å². The first kappa shape index (κ1) is 20.8. The van der Waals surface area contributed by atoms with Crippen molar-refractivity contribution in [2.24, 2.45) is 4.99 Å². The number of carbonyl (C=O) groups is 2. The SMILES string of the molecule is COc1cc(/C=C2\SC(=Nc3ccc(Cl)cc3)N(C)C2=O)ccc1OCC(=O)[O-]. The number of thioether (sulfide) groups is 1. The van der Waals surface area contributed by atoms with Crippen molar-refractivity contribution in [2.75, 3.05) is 20.8 Å². The fourth-order valence-electron chi connectivity index (χ4n) is 2.46. The second kappa shape index (κ2) is 9.02. The molecule has 0 radical (unpaired) electrons. The molecule has 0 unspecified atom stereocenters. The van der Waals surface area contributed by atoms with E-state index in [2.05, 4.69) is 4.99 Å². The number of likely N-dealkylation sites (N-methyl/N-ethyl adjacent to an activating group) is 1. The van der Waals surface area contributed by atoms with Gasteiger partial charge in [0.1, 0.15) is 6.61 Å². The maximum Gasteiger partial charge on any atom is 0.266 e. The molecule has 7 nitrogen and oxygen atoms in total. The number of carbonyl (C=O) groups excluding carboxylic acids is 2. The fourth-order valence-corrected chi connectivity index (χ4v) is 3.57. The summed E-state index contributed by atoms with van der Waals surface area (Å²) in [5.41, 5.74) is 1.38. The third-order valence-electron chi connectivity index (χ3n) is 3.89. The Morgan fingerprint density at radius 2 is 1.97 bits per heavy atom. The van der Waals surface area contributed by atoms with Gasteiger partial charge in [0.15, 0.2) is 16.7 Å². The maximum atomic E-state index is 12.6. The van der Waals surface area contributed by atoms with Crippen LogP contribution in [0.3, 0.4) is 0 Å². The zero-order chi connectivity index (χ0) is 21.0. The number of methoxy groups -OCH3 is 1. The number of hydrogen-bond acceptors (Lipinski definition) is 7. The van der Waals surface area contributed by atoms with Crippen molar-refractivity contribution in [2.45, 2.75) is 0 Å². The van der Waals surface area contributed by atoms with E-state index in [0.717, 1.165) is 0 Å². The van der Waals surface area contributed by atoms with Gasteiger partial charge >= 0.3 is 0 Å². The van der Waals surface area contributed by atoms with E-state index in [9.17, 15) is 14.7 Å². The molecule has 0 atom stereocenters. The Kier molecular flexibility index (Phi) is 6.46. The number of ether oxygens (including phenoxy) is 2. The lowest BCUT2D eigenvalue weighted by atomic mass is 10.2. The molecule has 150 valence electrons. The molecule has 2 aromatic rings. The zero-order valence-corrected chi connectivity index (χ0v) is 17.1. The van der Waals surface area contributed by atoms with E-state index in [1.165, 1.54) is 23.8 Å². The molecule has 1 heterocycles. The van der Waals surface area contributed by atoms with E-state index in [-0.39, 0.29) is 11.7 Å². The van der Waals surface area contributed by atoms with Crippen molar-refractivity contribution in [3.05, 3.63) is 58.0 Å². The van der Waals surface area contributed by atoms with E-state index in [1.807, 2.05) is 0 Å². The molecule has 3 rings (SSSR count). The minimum absolute atomic E-state index is 0.182. The van der Waals surface area contributed by atoms with Crippen molar-refractivity contribution < 1.29 is 24.2 Å². The van der Waals surface area contributed by atoms with Crippen LogP contribution < -0.4 is 14.6 Å². The summed E-state index contributed by atoms with van der Waals surface area (Å²) < 4.78 is 10.4. The highest BCUT2D eigenvalue weighted by molar-refractivity contribution is 8.18. The molecule has 0 aromatic heterocycles. The predicted molar refractivity (Wildman–Crippen MR) is 110 cm³/mol. The lowest BCUT2D eigenvalue weighted by Crippen LogP contribution is -2.29. The summed E-state index contributed by atoms with van der Waals surface area (Å²) in [5.74, 6) is -0.897. The molecular weight excluding hydrogens is 416 g/mol. The highest BCUT2D eigenvalue weighted by Gasteiger charge is 2.30. The zero-order valence-electron chi connectivity index (χ0n) is 15.5. The molecule has 1 aliphatic heterocycles. The number of nitrogens with zero attached hydrogens (tertiary/aromatic N) is 2.